The van der Waals surface area contributed by atoms with E-state index in [0.717, 1.165) is 11.3 Å². The lowest BCUT2D eigenvalue weighted by molar-refractivity contribution is 0.573. The van der Waals surface area contributed by atoms with Crippen LogP contribution in [0.1, 0.15) is 13.3 Å². The first-order chi connectivity index (χ1) is 7.77. The molecule has 4 nitrogen and oxygen atoms in total. The van der Waals surface area contributed by atoms with Gasteiger partial charge in [-0.15, -0.1) is 11.3 Å². The van der Waals surface area contributed by atoms with E-state index in [2.05, 4.69) is 4.72 Å². The predicted octanol–water partition coefficient (Wildman–Crippen LogP) is 2.40. The van der Waals surface area contributed by atoms with Crippen LogP contribution in [-0.2, 0) is 10.0 Å². The van der Waals surface area contributed by atoms with Gasteiger partial charge in [-0.1, -0.05) is 42.3 Å². The zero-order valence-electron chi connectivity index (χ0n) is 8.74. The van der Waals surface area contributed by atoms with Gasteiger partial charge in [-0.25, -0.2) is 13.1 Å². The van der Waals surface area contributed by atoms with Gasteiger partial charge >= 0.3 is 0 Å². The molecule has 0 aliphatic carbocycles. The third-order valence-electron chi connectivity index (χ3n) is 1.96. The predicted molar refractivity (Wildman–Crippen MR) is 75.5 cm³/mol. The van der Waals surface area contributed by atoms with E-state index in [0.29, 0.717) is 10.8 Å². The Morgan fingerprint density at radius 2 is 2.24 bits per heavy atom. The number of halogens is 2. The lowest BCUT2D eigenvalue weighted by Crippen LogP contribution is -2.42. The molecular weight excluding hydrogens is 323 g/mol. The summed E-state index contributed by atoms with van der Waals surface area (Å²) >= 11 is 17.2. The number of thiocarbonyl (C=S) groups is 1. The molecule has 1 atom stereocenters. The fraction of sp³-hybridized carbons (Fsp3) is 0.375. The Morgan fingerprint density at radius 1 is 1.65 bits per heavy atom. The summed E-state index contributed by atoms with van der Waals surface area (Å²) in [4.78, 5) is 0.0393. The Labute approximate surface area is 119 Å². The largest absolute Gasteiger partial charge is 0.392 e. The fourth-order valence-corrected chi connectivity index (χ4v) is 4.85. The van der Waals surface area contributed by atoms with E-state index in [1.807, 2.05) is 0 Å². The van der Waals surface area contributed by atoms with Crippen LogP contribution in [0.15, 0.2) is 11.0 Å². The second kappa shape index (κ2) is 5.81. The van der Waals surface area contributed by atoms with Crippen LogP contribution in [0.5, 0.6) is 0 Å². The Balaban J connectivity index is 3.04. The molecule has 0 amide bonds. The van der Waals surface area contributed by atoms with Gasteiger partial charge in [-0.2, -0.15) is 0 Å². The number of hydrogen-bond acceptors (Lipinski definition) is 4. The molecule has 3 N–H and O–H groups in total. The maximum absolute atomic E-state index is 12.0. The van der Waals surface area contributed by atoms with E-state index >= 15 is 0 Å². The summed E-state index contributed by atoms with van der Waals surface area (Å²) in [6.45, 7) is 1.77. The van der Waals surface area contributed by atoms with Crippen LogP contribution in [0, 0.1) is 0 Å². The first-order valence-electron chi connectivity index (χ1n) is 4.54. The highest BCUT2D eigenvalue weighted by molar-refractivity contribution is 7.90. The van der Waals surface area contributed by atoms with Gasteiger partial charge in [-0.05, 0) is 12.5 Å². The zero-order chi connectivity index (χ0) is 13.2. The molecule has 0 fully saturated rings. The van der Waals surface area contributed by atoms with Crippen molar-refractivity contribution in [2.75, 3.05) is 0 Å². The third kappa shape index (κ3) is 3.77. The maximum atomic E-state index is 12.0. The second-order valence-corrected chi connectivity index (χ2v) is 7.61. The minimum atomic E-state index is -3.75. The van der Waals surface area contributed by atoms with Gasteiger partial charge in [0, 0.05) is 0 Å². The molecular formula is C8H10Cl2N2O2S3. The Hall–Kier alpha value is 0.0800. The molecule has 0 aliphatic heterocycles. The Morgan fingerprint density at radius 3 is 2.59 bits per heavy atom. The van der Waals surface area contributed by atoms with Crippen molar-refractivity contribution in [2.24, 2.45) is 5.73 Å². The zero-order valence-corrected chi connectivity index (χ0v) is 12.7. The molecule has 1 unspecified atom stereocenters. The molecule has 0 aromatic carbocycles. The number of nitrogens with two attached hydrogens (primary N) is 1. The number of rotatable bonds is 5. The minimum absolute atomic E-state index is 0.0520. The van der Waals surface area contributed by atoms with Gasteiger partial charge in [0.05, 0.1) is 15.4 Å². The molecule has 0 spiro atoms. The van der Waals surface area contributed by atoms with E-state index in [1.165, 1.54) is 6.07 Å². The molecule has 9 heteroatoms. The maximum Gasteiger partial charge on any atom is 0.243 e. The highest BCUT2D eigenvalue weighted by Crippen LogP contribution is 2.34. The summed E-state index contributed by atoms with van der Waals surface area (Å²) in [6, 6.07) is 0.702. The summed E-state index contributed by atoms with van der Waals surface area (Å²) in [7, 11) is -3.75. The van der Waals surface area contributed by atoms with Crippen molar-refractivity contribution in [1.29, 1.82) is 0 Å². The molecule has 96 valence electrons. The van der Waals surface area contributed by atoms with E-state index in [9.17, 15) is 8.42 Å². The lowest BCUT2D eigenvalue weighted by Gasteiger charge is -2.14. The number of hydrogen-bond donors (Lipinski definition) is 2. The first-order valence-corrected chi connectivity index (χ1v) is 8.00. The van der Waals surface area contributed by atoms with Crippen molar-refractivity contribution >= 4 is 61.8 Å². The topological polar surface area (TPSA) is 72.2 Å². The monoisotopic (exact) mass is 332 g/mol. The number of thiophene rings is 1. The van der Waals surface area contributed by atoms with E-state index in [1.54, 1.807) is 6.92 Å². The van der Waals surface area contributed by atoms with Gasteiger partial charge < -0.3 is 5.73 Å². The first kappa shape index (κ1) is 15.1. The Bertz CT molecular complexity index is 527. The van der Waals surface area contributed by atoms with Crippen molar-refractivity contribution in [3.63, 3.8) is 0 Å². The summed E-state index contributed by atoms with van der Waals surface area (Å²) in [5.74, 6) is 0. The molecule has 0 saturated carbocycles. The molecule has 0 aliphatic rings. The molecule has 1 aromatic heterocycles. The molecule has 0 bridgehead atoms. The molecule has 17 heavy (non-hydrogen) atoms. The van der Waals surface area contributed by atoms with Crippen LogP contribution in [-0.4, -0.2) is 19.4 Å². The van der Waals surface area contributed by atoms with Crippen LogP contribution < -0.4 is 10.5 Å². The SMILES string of the molecule is CCC(NS(=O)(=O)c1cc(Cl)sc1Cl)C(N)=S. The second-order valence-electron chi connectivity index (χ2n) is 3.17. The summed E-state index contributed by atoms with van der Waals surface area (Å²) in [5, 5.41) is 0. The van der Waals surface area contributed by atoms with Crippen molar-refractivity contribution in [2.45, 2.75) is 24.3 Å². The van der Waals surface area contributed by atoms with Crippen molar-refractivity contribution in [3.05, 3.63) is 14.7 Å². The van der Waals surface area contributed by atoms with E-state index in [-0.39, 0.29) is 14.2 Å². The number of sulfonamides is 1. The average Bonchev–Trinajstić information content (AvgIpc) is 2.54. The van der Waals surface area contributed by atoms with Crippen molar-refractivity contribution in [3.8, 4) is 0 Å². The van der Waals surface area contributed by atoms with Gasteiger partial charge in [0.15, 0.2) is 0 Å². The lowest BCUT2D eigenvalue weighted by atomic mass is 10.2. The van der Waals surface area contributed by atoms with Gasteiger partial charge in [0.2, 0.25) is 10.0 Å². The summed E-state index contributed by atoms with van der Waals surface area (Å²) in [5.41, 5.74) is 5.42. The standard InChI is InChI=1S/C8H10Cl2N2O2S3/c1-2-4(8(11)15)12-17(13,14)5-3-6(9)16-7(5)10/h3-4,12H,2H2,1H3,(H2,11,15). The normalized spacial score (nSPS) is 13.6. The number of nitrogens with one attached hydrogen (secondary N) is 1. The highest BCUT2D eigenvalue weighted by atomic mass is 35.5. The Kier molecular flexibility index (Phi) is 5.18. The van der Waals surface area contributed by atoms with Crippen LogP contribution >= 0.6 is 46.8 Å². The highest BCUT2D eigenvalue weighted by Gasteiger charge is 2.24. The smallest absolute Gasteiger partial charge is 0.243 e. The molecule has 1 heterocycles. The molecule has 0 radical (unpaired) electrons. The average molecular weight is 333 g/mol. The molecule has 1 aromatic rings. The van der Waals surface area contributed by atoms with Crippen LogP contribution in [0.4, 0.5) is 0 Å². The summed E-state index contributed by atoms with van der Waals surface area (Å²) in [6.07, 6.45) is 0.462. The van der Waals surface area contributed by atoms with Gasteiger partial charge in [-0.3, -0.25) is 0 Å². The molecule has 1 rings (SSSR count). The summed E-state index contributed by atoms with van der Waals surface area (Å²) < 4.78 is 26.8. The van der Waals surface area contributed by atoms with Gasteiger partial charge in [0.1, 0.15) is 9.23 Å². The fourth-order valence-electron chi connectivity index (χ4n) is 1.10. The van der Waals surface area contributed by atoms with Crippen molar-refractivity contribution < 1.29 is 8.42 Å². The van der Waals surface area contributed by atoms with E-state index < -0.39 is 16.1 Å². The van der Waals surface area contributed by atoms with Crippen LogP contribution in [0.25, 0.3) is 0 Å². The van der Waals surface area contributed by atoms with E-state index in [4.69, 9.17) is 41.2 Å². The van der Waals surface area contributed by atoms with Crippen LogP contribution in [0.2, 0.25) is 8.67 Å². The quantitative estimate of drug-likeness (QED) is 0.812. The third-order valence-corrected chi connectivity index (χ3v) is 5.47. The van der Waals surface area contributed by atoms with Crippen molar-refractivity contribution in [1.82, 2.24) is 4.72 Å². The minimum Gasteiger partial charge on any atom is -0.392 e. The van der Waals surface area contributed by atoms with Crippen LogP contribution in [0.3, 0.4) is 0 Å². The van der Waals surface area contributed by atoms with Gasteiger partial charge in [0.25, 0.3) is 0 Å². The molecule has 0 saturated heterocycles.